The summed E-state index contributed by atoms with van der Waals surface area (Å²) >= 11 is 12.0. The van der Waals surface area contributed by atoms with Crippen LogP contribution in [0, 0.1) is 13.8 Å². The summed E-state index contributed by atoms with van der Waals surface area (Å²) in [6, 6.07) is 5.93. The van der Waals surface area contributed by atoms with Crippen molar-refractivity contribution >= 4 is 23.2 Å². The summed E-state index contributed by atoms with van der Waals surface area (Å²) in [5.74, 6) is 0. The molecular weight excluding hydrogens is 293 g/mol. The number of halogens is 2. The molecule has 20 heavy (non-hydrogen) atoms. The molecule has 0 amide bonds. The van der Waals surface area contributed by atoms with Crippen LogP contribution in [0.3, 0.4) is 0 Å². The molecule has 0 aliphatic rings. The van der Waals surface area contributed by atoms with Gasteiger partial charge in [0.05, 0.1) is 15.7 Å². The van der Waals surface area contributed by atoms with Gasteiger partial charge in [0.25, 0.3) is 0 Å². The third kappa shape index (κ3) is 3.17. The molecule has 0 saturated carbocycles. The summed E-state index contributed by atoms with van der Waals surface area (Å²) in [5, 5.41) is 9.10. The van der Waals surface area contributed by atoms with Gasteiger partial charge in [0.1, 0.15) is 0 Å². The van der Waals surface area contributed by atoms with Gasteiger partial charge in [-0.3, -0.25) is 4.68 Å². The highest BCUT2D eigenvalue weighted by Gasteiger charge is 2.12. The van der Waals surface area contributed by atoms with Crippen molar-refractivity contribution in [2.45, 2.75) is 33.4 Å². The van der Waals surface area contributed by atoms with Gasteiger partial charge in [-0.1, -0.05) is 29.3 Å². The molecule has 1 aromatic carbocycles. The summed E-state index contributed by atoms with van der Waals surface area (Å²) < 4.78 is 1.91. The molecule has 1 N–H and O–H groups in total. The van der Waals surface area contributed by atoms with Crippen LogP contribution in [0.25, 0.3) is 0 Å². The van der Waals surface area contributed by atoms with E-state index in [0.29, 0.717) is 10.0 Å². The lowest BCUT2D eigenvalue weighted by atomic mass is 10.1. The molecule has 0 aliphatic carbocycles. The van der Waals surface area contributed by atoms with E-state index in [-0.39, 0.29) is 6.04 Å². The Kier molecular flexibility index (Phi) is 4.74. The van der Waals surface area contributed by atoms with Gasteiger partial charge >= 0.3 is 0 Å². The Morgan fingerprint density at radius 3 is 2.50 bits per heavy atom. The lowest BCUT2D eigenvalue weighted by Gasteiger charge is -2.15. The van der Waals surface area contributed by atoms with Crippen molar-refractivity contribution in [3.8, 4) is 0 Å². The number of nitrogens with one attached hydrogen (secondary N) is 1. The topological polar surface area (TPSA) is 29.9 Å². The Labute approximate surface area is 129 Å². The van der Waals surface area contributed by atoms with E-state index in [0.717, 1.165) is 17.8 Å². The highest BCUT2D eigenvalue weighted by molar-refractivity contribution is 6.42. The molecule has 0 fully saturated rings. The Bertz CT molecular complexity index is 620. The molecule has 1 aromatic heterocycles. The highest BCUT2D eigenvalue weighted by atomic mass is 35.5. The molecule has 1 heterocycles. The van der Waals surface area contributed by atoms with E-state index in [1.165, 1.54) is 11.3 Å². The minimum atomic E-state index is 0.198. The SMILES string of the molecule is Cc1nn(C)c(C)c1CNC(C)c1ccc(Cl)c(Cl)c1. The first-order valence-electron chi connectivity index (χ1n) is 6.57. The second-order valence-electron chi connectivity index (χ2n) is 5.05. The number of hydrogen-bond donors (Lipinski definition) is 1. The maximum Gasteiger partial charge on any atom is 0.0641 e. The van der Waals surface area contributed by atoms with E-state index < -0.39 is 0 Å². The lowest BCUT2D eigenvalue weighted by molar-refractivity contribution is 0.571. The van der Waals surface area contributed by atoms with Crippen LogP contribution < -0.4 is 5.32 Å². The van der Waals surface area contributed by atoms with Crippen molar-refractivity contribution in [2.75, 3.05) is 0 Å². The monoisotopic (exact) mass is 311 g/mol. The fourth-order valence-corrected chi connectivity index (χ4v) is 2.53. The number of benzene rings is 1. The van der Waals surface area contributed by atoms with Gasteiger partial charge < -0.3 is 5.32 Å². The minimum absolute atomic E-state index is 0.198. The quantitative estimate of drug-likeness (QED) is 0.917. The molecule has 2 rings (SSSR count). The van der Waals surface area contributed by atoms with Gasteiger partial charge in [-0.15, -0.1) is 0 Å². The minimum Gasteiger partial charge on any atom is -0.306 e. The second kappa shape index (κ2) is 6.17. The predicted molar refractivity (Wildman–Crippen MR) is 84.4 cm³/mol. The largest absolute Gasteiger partial charge is 0.306 e. The van der Waals surface area contributed by atoms with Crippen LogP contribution in [0.4, 0.5) is 0 Å². The van der Waals surface area contributed by atoms with E-state index in [2.05, 4.69) is 24.3 Å². The standard InChI is InChI=1S/C15H19Cl2N3/c1-9(12-5-6-14(16)15(17)7-12)18-8-13-10(2)19-20(4)11(13)3/h5-7,9,18H,8H2,1-4H3. The van der Waals surface area contributed by atoms with Crippen LogP contribution in [-0.2, 0) is 13.6 Å². The van der Waals surface area contributed by atoms with Gasteiger partial charge in [0, 0.05) is 30.9 Å². The van der Waals surface area contributed by atoms with Gasteiger partial charge in [-0.25, -0.2) is 0 Å². The van der Waals surface area contributed by atoms with Gasteiger partial charge in [-0.05, 0) is 38.5 Å². The first kappa shape index (κ1) is 15.4. The zero-order valence-corrected chi connectivity index (χ0v) is 13.7. The van der Waals surface area contributed by atoms with Crippen LogP contribution in [0.15, 0.2) is 18.2 Å². The third-order valence-corrected chi connectivity index (χ3v) is 4.43. The molecule has 0 aliphatic heterocycles. The van der Waals surface area contributed by atoms with Crippen molar-refractivity contribution in [3.05, 3.63) is 50.8 Å². The molecule has 108 valence electrons. The number of nitrogens with zero attached hydrogens (tertiary/aromatic N) is 2. The van der Waals surface area contributed by atoms with E-state index in [4.69, 9.17) is 23.2 Å². The van der Waals surface area contributed by atoms with Gasteiger partial charge in [0.15, 0.2) is 0 Å². The molecule has 1 atom stereocenters. The van der Waals surface area contributed by atoms with Crippen molar-refractivity contribution in [1.29, 1.82) is 0 Å². The average Bonchev–Trinajstić information content (AvgIpc) is 2.64. The Balaban J connectivity index is 2.08. The summed E-state index contributed by atoms with van der Waals surface area (Å²) in [6.07, 6.45) is 0. The number of aryl methyl sites for hydroxylation is 2. The molecule has 0 bridgehead atoms. The number of hydrogen-bond acceptors (Lipinski definition) is 2. The summed E-state index contributed by atoms with van der Waals surface area (Å²) in [6.45, 7) is 7.02. The number of aromatic nitrogens is 2. The molecule has 5 heteroatoms. The molecular formula is C15H19Cl2N3. The fourth-order valence-electron chi connectivity index (χ4n) is 2.23. The highest BCUT2D eigenvalue weighted by Crippen LogP contribution is 2.25. The third-order valence-electron chi connectivity index (χ3n) is 3.69. The zero-order chi connectivity index (χ0) is 14.9. The van der Waals surface area contributed by atoms with E-state index in [9.17, 15) is 0 Å². The van der Waals surface area contributed by atoms with Crippen molar-refractivity contribution in [1.82, 2.24) is 15.1 Å². The van der Waals surface area contributed by atoms with E-state index in [1.807, 2.05) is 36.9 Å². The second-order valence-corrected chi connectivity index (χ2v) is 5.86. The molecule has 0 saturated heterocycles. The predicted octanol–water partition coefficient (Wildman–Crippen LogP) is 4.19. The summed E-state index contributed by atoms with van der Waals surface area (Å²) in [4.78, 5) is 0. The Morgan fingerprint density at radius 1 is 1.25 bits per heavy atom. The van der Waals surface area contributed by atoms with E-state index >= 15 is 0 Å². The normalized spacial score (nSPS) is 12.7. The molecule has 0 spiro atoms. The fraction of sp³-hybridized carbons (Fsp3) is 0.400. The van der Waals surface area contributed by atoms with E-state index in [1.54, 1.807) is 0 Å². The molecule has 3 nitrogen and oxygen atoms in total. The first-order valence-corrected chi connectivity index (χ1v) is 7.33. The summed E-state index contributed by atoms with van der Waals surface area (Å²) in [7, 11) is 1.97. The maximum absolute atomic E-state index is 6.06. The number of rotatable bonds is 4. The first-order chi connectivity index (χ1) is 9.40. The van der Waals surface area contributed by atoms with Crippen LogP contribution in [0.5, 0.6) is 0 Å². The van der Waals surface area contributed by atoms with Crippen LogP contribution in [-0.4, -0.2) is 9.78 Å². The van der Waals surface area contributed by atoms with Crippen molar-refractivity contribution in [3.63, 3.8) is 0 Å². The van der Waals surface area contributed by atoms with Crippen molar-refractivity contribution in [2.24, 2.45) is 7.05 Å². The zero-order valence-electron chi connectivity index (χ0n) is 12.2. The van der Waals surface area contributed by atoms with Crippen LogP contribution >= 0.6 is 23.2 Å². The lowest BCUT2D eigenvalue weighted by Crippen LogP contribution is -2.19. The van der Waals surface area contributed by atoms with Crippen LogP contribution in [0.2, 0.25) is 10.0 Å². The molecule has 1 unspecified atom stereocenters. The van der Waals surface area contributed by atoms with Gasteiger partial charge in [0.2, 0.25) is 0 Å². The maximum atomic E-state index is 6.06. The Morgan fingerprint density at radius 2 is 1.95 bits per heavy atom. The van der Waals surface area contributed by atoms with Gasteiger partial charge in [-0.2, -0.15) is 5.10 Å². The average molecular weight is 312 g/mol. The van der Waals surface area contributed by atoms with Crippen molar-refractivity contribution < 1.29 is 0 Å². The summed E-state index contributed by atoms with van der Waals surface area (Å²) in [5.41, 5.74) is 4.63. The smallest absolute Gasteiger partial charge is 0.0641 e. The molecule has 2 aromatic rings. The van der Waals surface area contributed by atoms with Crippen LogP contribution in [0.1, 0.15) is 35.5 Å². The molecule has 0 radical (unpaired) electrons. The Hall–Kier alpha value is -1.03.